The van der Waals surface area contributed by atoms with Gasteiger partial charge in [-0.1, -0.05) is 6.92 Å². The number of piperidine rings is 1. The van der Waals surface area contributed by atoms with Gasteiger partial charge in [0.2, 0.25) is 0 Å². The molecule has 0 radical (unpaired) electrons. The molecule has 0 saturated carbocycles. The fourth-order valence-electron chi connectivity index (χ4n) is 3.85. The van der Waals surface area contributed by atoms with Crippen molar-refractivity contribution in [1.82, 2.24) is 10.2 Å². The van der Waals surface area contributed by atoms with Gasteiger partial charge in [0.1, 0.15) is 5.75 Å². The zero-order valence-corrected chi connectivity index (χ0v) is 19.1. The van der Waals surface area contributed by atoms with Gasteiger partial charge in [-0.05, 0) is 80.8 Å². The molecule has 1 saturated heterocycles. The van der Waals surface area contributed by atoms with E-state index >= 15 is 0 Å². The van der Waals surface area contributed by atoms with Crippen LogP contribution in [0.15, 0.2) is 53.4 Å². The van der Waals surface area contributed by atoms with Gasteiger partial charge in [0, 0.05) is 30.4 Å². The molecule has 2 atom stereocenters. The maximum atomic E-state index is 12.6. The topological polar surface area (TPSA) is 87.7 Å². The van der Waals surface area contributed by atoms with Crippen LogP contribution < -0.4 is 14.8 Å². The summed E-state index contributed by atoms with van der Waals surface area (Å²) in [6.45, 7) is 7.20. The van der Waals surface area contributed by atoms with E-state index in [2.05, 4.69) is 21.9 Å². The van der Waals surface area contributed by atoms with Crippen LogP contribution in [-0.2, 0) is 10.0 Å². The largest absolute Gasteiger partial charge is 0.497 e. The summed E-state index contributed by atoms with van der Waals surface area (Å²) in [5.74, 6) is 1.13. The number of methoxy groups -OCH3 is 1. The smallest absolute Gasteiger partial charge is 0.261 e. The van der Waals surface area contributed by atoms with E-state index in [1.54, 1.807) is 31.4 Å². The van der Waals surface area contributed by atoms with Crippen LogP contribution in [0.2, 0.25) is 0 Å². The van der Waals surface area contributed by atoms with E-state index in [9.17, 15) is 13.2 Å². The Balaban J connectivity index is 1.58. The Kier molecular flexibility index (Phi) is 7.56. The summed E-state index contributed by atoms with van der Waals surface area (Å²) in [6, 6.07) is 12.6. The Labute approximate surface area is 184 Å². The second kappa shape index (κ2) is 10.2. The SMILES string of the molecule is COc1ccc(NS(=O)(=O)c2ccc(C(=O)NC(C)CN3CCCC(C)C3)cc2)cc1. The van der Waals surface area contributed by atoms with E-state index < -0.39 is 10.0 Å². The first-order chi connectivity index (χ1) is 14.8. The van der Waals surface area contributed by atoms with Crippen LogP contribution in [0.3, 0.4) is 0 Å². The standard InChI is InChI=1S/C23H31N3O4S/c1-17-5-4-14-26(15-17)16-18(2)24-23(27)19-6-12-22(13-7-19)31(28,29)25-20-8-10-21(30-3)11-9-20/h6-13,17-18,25H,4-5,14-16H2,1-3H3,(H,24,27). The number of nitrogens with zero attached hydrogens (tertiary/aromatic N) is 1. The Morgan fingerprint density at radius 2 is 1.84 bits per heavy atom. The molecule has 2 aromatic rings. The number of hydrogen-bond donors (Lipinski definition) is 2. The van der Waals surface area contributed by atoms with Gasteiger partial charge in [0.15, 0.2) is 0 Å². The molecule has 2 N–H and O–H groups in total. The summed E-state index contributed by atoms with van der Waals surface area (Å²) in [4.78, 5) is 15.0. The highest BCUT2D eigenvalue weighted by atomic mass is 32.2. The predicted molar refractivity (Wildman–Crippen MR) is 122 cm³/mol. The fraction of sp³-hybridized carbons (Fsp3) is 0.435. The molecule has 168 valence electrons. The van der Waals surface area contributed by atoms with E-state index in [1.807, 2.05) is 6.92 Å². The lowest BCUT2D eigenvalue weighted by Gasteiger charge is -2.32. The molecule has 1 amide bonds. The number of nitrogens with one attached hydrogen (secondary N) is 2. The highest BCUT2D eigenvalue weighted by Gasteiger charge is 2.20. The normalized spacial score (nSPS) is 18.2. The first-order valence-corrected chi connectivity index (χ1v) is 12.1. The Bertz CT molecular complexity index is 975. The van der Waals surface area contributed by atoms with Gasteiger partial charge in [0.05, 0.1) is 12.0 Å². The van der Waals surface area contributed by atoms with Gasteiger partial charge in [-0.2, -0.15) is 0 Å². The molecule has 8 heteroatoms. The van der Waals surface area contributed by atoms with E-state index in [1.165, 1.54) is 37.1 Å². The van der Waals surface area contributed by atoms with Gasteiger partial charge < -0.3 is 15.0 Å². The molecule has 2 unspecified atom stereocenters. The summed E-state index contributed by atoms with van der Waals surface area (Å²) in [5.41, 5.74) is 0.866. The molecule has 0 spiro atoms. The van der Waals surface area contributed by atoms with Crippen molar-refractivity contribution in [2.24, 2.45) is 5.92 Å². The minimum Gasteiger partial charge on any atom is -0.497 e. The van der Waals surface area contributed by atoms with Crippen molar-refractivity contribution in [2.45, 2.75) is 37.6 Å². The van der Waals surface area contributed by atoms with Crippen LogP contribution >= 0.6 is 0 Å². The molecule has 1 aliphatic rings. The predicted octanol–water partition coefficient (Wildman–Crippen LogP) is 3.35. The molecule has 1 aliphatic heterocycles. The van der Waals surface area contributed by atoms with E-state index in [-0.39, 0.29) is 16.8 Å². The molecule has 2 aromatic carbocycles. The second-order valence-electron chi connectivity index (χ2n) is 8.24. The van der Waals surface area contributed by atoms with Gasteiger partial charge >= 0.3 is 0 Å². The number of anilines is 1. The number of carbonyl (C=O) groups is 1. The monoisotopic (exact) mass is 445 g/mol. The number of rotatable bonds is 8. The third kappa shape index (κ3) is 6.45. The average molecular weight is 446 g/mol. The molecule has 31 heavy (non-hydrogen) atoms. The van der Waals surface area contributed by atoms with Crippen molar-refractivity contribution in [1.29, 1.82) is 0 Å². The lowest BCUT2D eigenvalue weighted by atomic mass is 10.00. The molecule has 1 heterocycles. The molecule has 7 nitrogen and oxygen atoms in total. The minimum atomic E-state index is -3.75. The Morgan fingerprint density at radius 3 is 2.45 bits per heavy atom. The molecular formula is C23H31N3O4S. The molecule has 0 bridgehead atoms. The lowest BCUT2D eigenvalue weighted by Crippen LogP contribution is -2.45. The zero-order chi connectivity index (χ0) is 22.4. The summed E-state index contributed by atoms with van der Waals surface area (Å²) in [7, 11) is -2.20. The molecule has 0 aliphatic carbocycles. The average Bonchev–Trinajstić information content (AvgIpc) is 2.74. The highest BCUT2D eigenvalue weighted by Crippen LogP contribution is 2.20. The van der Waals surface area contributed by atoms with Crippen molar-refractivity contribution >= 4 is 21.6 Å². The number of carbonyl (C=O) groups excluding carboxylic acids is 1. The fourth-order valence-corrected chi connectivity index (χ4v) is 4.91. The van der Waals surface area contributed by atoms with Crippen LogP contribution in [0.4, 0.5) is 5.69 Å². The van der Waals surface area contributed by atoms with Crippen molar-refractivity contribution in [2.75, 3.05) is 31.5 Å². The van der Waals surface area contributed by atoms with E-state index in [4.69, 9.17) is 4.74 Å². The molecule has 3 rings (SSSR count). The van der Waals surface area contributed by atoms with Crippen LogP contribution in [0.25, 0.3) is 0 Å². The van der Waals surface area contributed by atoms with Crippen molar-refractivity contribution in [3.05, 3.63) is 54.1 Å². The van der Waals surface area contributed by atoms with Gasteiger partial charge in [-0.25, -0.2) is 8.42 Å². The van der Waals surface area contributed by atoms with Gasteiger partial charge in [0.25, 0.3) is 15.9 Å². The van der Waals surface area contributed by atoms with E-state index in [0.29, 0.717) is 22.9 Å². The second-order valence-corrected chi connectivity index (χ2v) is 9.92. The van der Waals surface area contributed by atoms with Crippen molar-refractivity contribution in [3.63, 3.8) is 0 Å². The zero-order valence-electron chi connectivity index (χ0n) is 18.3. The third-order valence-electron chi connectivity index (χ3n) is 5.42. The van der Waals surface area contributed by atoms with Crippen molar-refractivity contribution < 1.29 is 17.9 Å². The van der Waals surface area contributed by atoms with E-state index in [0.717, 1.165) is 19.6 Å². The van der Waals surface area contributed by atoms with Crippen LogP contribution in [0.5, 0.6) is 5.75 Å². The number of hydrogen-bond acceptors (Lipinski definition) is 5. The third-order valence-corrected chi connectivity index (χ3v) is 6.82. The molecular weight excluding hydrogens is 414 g/mol. The van der Waals surface area contributed by atoms with Crippen molar-refractivity contribution in [3.8, 4) is 5.75 Å². The number of benzene rings is 2. The Hall–Kier alpha value is -2.58. The van der Waals surface area contributed by atoms with Crippen LogP contribution in [-0.4, -0.2) is 52.0 Å². The summed E-state index contributed by atoms with van der Waals surface area (Å²) >= 11 is 0. The highest BCUT2D eigenvalue weighted by molar-refractivity contribution is 7.92. The van der Waals surface area contributed by atoms with Gasteiger partial charge in [-0.15, -0.1) is 0 Å². The molecule has 0 aromatic heterocycles. The maximum Gasteiger partial charge on any atom is 0.261 e. The number of amides is 1. The number of sulfonamides is 1. The summed E-state index contributed by atoms with van der Waals surface area (Å²) < 4.78 is 32.8. The van der Waals surface area contributed by atoms with Gasteiger partial charge in [-0.3, -0.25) is 9.52 Å². The lowest BCUT2D eigenvalue weighted by molar-refractivity contribution is 0.0920. The molecule has 1 fully saturated rings. The first kappa shape index (κ1) is 23.1. The maximum absolute atomic E-state index is 12.6. The Morgan fingerprint density at radius 1 is 1.16 bits per heavy atom. The summed E-state index contributed by atoms with van der Waals surface area (Å²) in [5, 5.41) is 3.01. The first-order valence-electron chi connectivity index (χ1n) is 10.6. The summed E-state index contributed by atoms with van der Waals surface area (Å²) in [6.07, 6.45) is 2.46. The quantitative estimate of drug-likeness (QED) is 0.651. The number of ether oxygens (including phenoxy) is 1. The van der Waals surface area contributed by atoms with Crippen LogP contribution in [0.1, 0.15) is 37.0 Å². The number of likely N-dealkylation sites (tertiary alicyclic amines) is 1. The minimum absolute atomic E-state index is 0.0120. The van der Waals surface area contributed by atoms with Crippen LogP contribution in [0, 0.1) is 5.92 Å².